The molecule has 0 spiro atoms. The van der Waals surface area contributed by atoms with Gasteiger partial charge in [-0.2, -0.15) is 0 Å². The van der Waals surface area contributed by atoms with Crippen LogP contribution in [0.1, 0.15) is 12.5 Å². The average Bonchev–Trinajstić information content (AvgIpc) is 2.61. The smallest absolute Gasteiger partial charge is 0.264 e. The monoisotopic (exact) mass is 326 g/mol. The molecular formula is C12H11BrN2O2S. The van der Waals surface area contributed by atoms with Crippen molar-refractivity contribution in [3.63, 3.8) is 0 Å². The van der Waals surface area contributed by atoms with Crippen LogP contribution >= 0.6 is 27.7 Å². The van der Waals surface area contributed by atoms with Crippen LogP contribution in [0.25, 0.3) is 6.08 Å². The van der Waals surface area contributed by atoms with Crippen molar-refractivity contribution in [1.29, 1.82) is 5.41 Å². The molecule has 18 heavy (non-hydrogen) atoms. The van der Waals surface area contributed by atoms with Crippen molar-refractivity contribution in [2.24, 2.45) is 0 Å². The van der Waals surface area contributed by atoms with Crippen LogP contribution in [-0.2, 0) is 4.79 Å². The van der Waals surface area contributed by atoms with Gasteiger partial charge >= 0.3 is 0 Å². The summed E-state index contributed by atoms with van der Waals surface area (Å²) in [5.41, 5.74) is 0.887. The van der Waals surface area contributed by atoms with Crippen LogP contribution in [0.3, 0.4) is 0 Å². The quantitative estimate of drug-likeness (QED) is 0.839. The minimum Gasteiger partial charge on any atom is -0.493 e. The first kappa shape index (κ1) is 13.2. The first-order chi connectivity index (χ1) is 8.60. The maximum Gasteiger partial charge on any atom is 0.264 e. The minimum atomic E-state index is -0.227. The molecule has 0 unspecified atom stereocenters. The Balaban J connectivity index is 2.25. The molecule has 1 aromatic carbocycles. The fourth-order valence-electron chi connectivity index (χ4n) is 1.47. The van der Waals surface area contributed by atoms with Gasteiger partial charge in [0.05, 0.1) is 16.0 Å². The summed E-state index contributed by atoms with van der Waals surface area (Å²) in [5, 5.41) is 9.97. The van der Waals surface area contributed by atoms with Crippen LogP contribution < -0.4 is 10.1 Å². The van der Waals surface area contributed by atoms with Crippen molar-refractivity contribution >= 4 is 44.8 Å². The van der Waals surface area contributed by atoms with Gasteiger partial charge in [-0.3, -0.25) is 10.2 Å². The highest BCUT2D eigenvalue weighted by Crippen LogP contribution is 2.29. The lowest BCUT2D eigenvalue weighted by Crippen LogP contribution is -2.18. The highest BCUT2D eigenvalue weighted by atomic mass is 79.9. The van der Waals surface area contributed by atoms with E-state index in [-0.39, 0.29) is 11.1 Å². The predicted molar refractivity (Wildman–Crippen MR) is 76.7 cm³/mol. The summed E-state index contributed by atoms with van der Waals surface area (Å²) in [7, 11) is 0. The molecule has 0 radical (unpaired) electrons. The first-order valence-electron chi connectivity index (χ1n) is 5.32. The zero-order valence-corrected chi connectivity index (χ0v) is 12.0. The van der Waals surface area contributed by atoms with Crippen molar-refractivity contribution in [1.82, 2.24) is 5.32 Å². The lowest BCUT2D eigenvalue weighted by Gasteiger charge is -2.06. The molecule has 1 amide bonds. The lowest BCUT2D eigenvalue weighted by molar-refractivity contribution is -0.115. The Morgan fingerprint density at radius 2 is 2.33 bits per heavy atom. The Kier molecular flexibility index (Phi) is 4.08. The number of amidine groups is 1. The van der Waals surface area contributed by atoms with Crippen LogP contribution in [0.15, 0.2) is 27.6 Å². The van der Waals surface area contributed by atoms with Gasteiger partial charge in [-0.15, -0.1) is 0 Å². The fourth-order valence-corrected chi connectivity index (χ4v) is 2.69. The summed E-state index contributed by atoms with van der Waals surface area (Å²) in [4.78, 5) is 12.0. The number of benzene rings is 1. The largest absolute Gasteiger partial charge is 0.493 e. The maximum absolute atomic E-state index is 11.5. The van der Waals surface area contributed by atoms with E-state index >= 15 is 0 Å². The Labute approximate surface area is 117 Å². The van der Waals surface area contributed by atoms with Crippen LogP contribution in [-0.4, -0.2) is 17.7 Å². The van der Waals surface area contributed by atoms with Gasteiger partial charge in [-0.25, -0.2) is 0 Å². The summed E-state index contributed by atoms with van der Waals surface area (Å²) >= 11 is 4.55. The van der Waals surface area contributed by atoms with E-state index in [1.807, 2.05) is 25.1 Å². The highest BCUT2D eigenvalue weighted by Gasteiger charge is 2.22. The average molecular weight is 327 g/mol. The summed E-state index contributed by atoms with van der Waals surface area (Å²) < 4.78 is 6.26. The van der Waals surface area contributed by atoms with Gasteiger partial charge in [0, 0.05) is 0 Å². The van der Waals surface area contributed by atoms with Crippen LogP contribution in [0.5, 0.6) is 5.75 Å². The zero-order valence-electron chi connectivity index (χ0n) is 9.62. The van der Waals surface area contributed by atoms with Crippen molar-refractivity contribution in [2.75, 3.05) is 6.61 Å². The van der Waals surface area contributed by atoms with Crippen molar-refractivity contribution < 1.29 is 9.53 Å². The van der Waals surface area contributed by atoms with E-state index in [9.17, 15) is 4.79 Å². The number of thioether (sulfide) groups is 1. The van der Waals surface area contributed by atoms with E-state index < -0.39 is 0 Å². The molecule has 0 aromatic heterocycles. The Bertz CT molecular complexity index is 543. The molecule has 6 heteroatoms. The first-order valence-corrected chi connectivity index (χ1v) is 6.93. The summed E-state index contributed by atoms with van der Waals surface area (Å²) in [6, 6.07) is 5.61. The van der Waals surface area contributed by atoms with Gasteiger partial charge in [0.25, 0.3) is 5.91 Å². The molecule has 2 rings (SSSR count). The molecule has 4 nitrogen and oxygen atoms in total. The molecule has 1 aliphatic rings. The molecule has 1 aliphatic heterocycles. The molecule has 1 heterocycles. The van der Waals surface area contributed by atoms with Crippen LogP contribution in [0, 0.1) is 5.41 Å². The third-order valence-corrected chi connectivity index (χ3v) is 3.67. The minimum absolute atomic E-state index is 0.163. The number of carbonyl (C=O) groups is 1. The third kappa shape index (κ3) is 2.94. The Hall–Kier alpha value is -1.27. The predicted octanol–water partition coefficient (Wildman–Crippen LogP) is 2.99. The van der Waals surface area contributed by atoms with E-state index in [1.165, 1.54) is 0 Å². The molecule has 1 aromatic rings. The number of carbonyl (C=O) groups excluding carboxylic acids is 1. The van der Waals surface area contributed by atoms with Gasteiger partial charge < -0.3 is 10.1 Å². The van der Waals surface area contributed by atoms with E-state index in [1.54, 1.807) is 6.08 Å². The van der Waals surface area contributed by atoms with Crippen molar-refractivity contribution in [2.45, 2.75) is 6.92 Å². The second-order valence-corrected chi connectivity index (χ2v) is 5.42. The number of hydrogen-bond donors (Lipinski definition) is 2. The number of rotatable bonds is 3. The summed E-state index contributed by atoms with van der Waals surface area (Å²) in [6.07, 6.45) is 1.75. The van der Waals surface area contributed by atoms with Crippen LogP contribution in [0.2, 0.25) is 0 Å². The van der Waals surface area contributed by atoms with E-state index in [0.717, 1.165) is 27.5 Å². The Morgan fingerprint density at radius 1 is 1.56 bits per heavy atom. The molecular weight excluding hydrogens is 316 g/mol. The second-order valence-electron chi connectivity index (χ2n) is 3.52. The van der Waals surface area contributed by atoms with E-state index in [4.69, 9.17) is 10.1 Å². The van der Waals surface area contributed by atoms with Gasteiger partial charge in [-0.05, 0) is 58.4 Å². The maximum atomic E-state index is 11.5. The Morgan fingerprint density at radius 3 is 2.89 bits per heavy atom. The fraction of sp³-hybridized carbons (Fsp3) is 0.167. The van der Waals surface area contributed by atoms with Gasteiger partial charge in [0.2, 0.25) is 0 Å². The van der Waals surface area contributed by atoms with Crippen LogP contribution in [0.4, 0.5) is 0 Å². The number of hydrogen-bond acceptors (Lipinski definition) is 4. The van der Waals surface area contributed by atoms with Crippen molar-refractivity contribution in [3.05, 3.63) is 33.1 Å². The normalized spacial score (nSPS) is 17.1. The molecule has 2 N–H and O–H groups in total. The molecule has 0 saturated carbocycles. The molecule has 0 aliphatic carbocycles. The molecule has 94 valence electrons. The van der Waals surface area contributed by atoms with Gasteiger partial charge in [-0.1, -0.05) is 6.07 Å². The summed E-state index contributed by atoms with van der Waals surface area (Å²) in [5.74, 6) is 0.547. The second kappa shape index (κ2) is 5.58. The molecule has 1 saturated heterocycles. The zero-order chi connectivity index (χ0) is 13.1. The van der Waals surface area contributed by atoms with Gasteiger partial charge in [0.15, 0.2) is 5.17 Å². The van der Waals surface area contributed by atoms with E-state index in [2.05, 4.69) is 21.2 Å². The standard InChI is InChI=1S/C12H11BrN2O2S/c1-2-17-9-4-3-7(5-8(9)13)6-10-11(16)15-12(14)18-10/h3-6H,2H2,1H3,(H2,14,15,16). The lowest BCUT2D eigenvalue weighted by atomic mass is 10.2. The van der Waals surface area contributed by atoms with Gasteiger partial charge in [0.1, 0.15) is 5.75 Å². The number of nitrogens with one attached hydrogen (secondary N) is 2. The van der Waals surface area contributed by atoms with E-state index in [0.29, 0.717) is 11.5 Å². The number of amides is 1. The third-order valence-electron chi connectivity index (χ3n) is 2.22. The molecule has 0 bridgehead atoms. The van der Waals surface area contributed by atoms with Crippen molar-refractivity contribution in [3.8, 4) is 5.75 Å². The SMILES string of the molecule is CCOc1ccc(C=C2SC(=N)NC2=O)cc1Br. The number of ether oxygens (including phenoxy) is 1. The number of halogens is 1. The molecule has 1 fully saturated rings. The summed E-state index contributed by atoms with van der Waals surface area (Å²) in [6.45, 7) is 2.53. The highest BCUT2D eigenvalue weighted by molar-refractivity contribution is 9.10. The molecule has 0 atom stereocenters. The topological polar surface area (TPSA) is 62.2 Å².